The number of ketones is 1. The van der Waals surface area contributed by atoms with E-state index in [0.29, 0.717) is 18.5 Å². The van der Waals surface area contributed by atoms with Crippen molar-refractivity contribution in [2.24, 2.45) is 11.8 Å². The Bertz CT molecular complexity index is 656. The highest BCUT2D eigenvalue weighted by atomic mass is 79.9. The van der Waals surface area contributed by atoms with Crippen molar-refractivity contribution in [2.75, 3.05) is 13.7 Å². The summed E-state index contributed by atoms with van der Waals surface area (Å²) in [7, 11) is 1.34. The van der Waals surface area contributed by atoms with Crippen molar-refractivity contribution in [1.82, 2.24) is 4.90 Å². The van der Waals surface area contributed by atoms with Gasteiger partial charge in [0.25, 0.3) is 0 Å². The molecule has 0 saturated carbocycles. The highest BCUT2D eigenvalue weighted by molar-refractivity contribution is 9.10. The highest BCUT2D eigenvalue weighted by Gasteiger charge is 2.37. The predicted molar refractivity (Wildman–Crippen MR) is 103 cm³/mol. The Kier molecular flexibility index (Phi) is 7.38. The number of halogens is 1. The lowest BCUT2D eigenvalue weighted by atomic mass is 9.86. The van der Waals surface area contributed by atoms with Crippen LogP contribution in [0.2, 0.25) is 0 Å². The summed E-state index contributed by atoms with van der Waals surface area (Å²) in [5, 5.41) is 0. The molecule has 1 saturated heterocycles. The van der Waals surface area contributed by atoms with Gasteiger partial charge in [-0.1, -0.05) is 41.9 Å². The number of likely N-dealkylation sites (tertiary alicyclic amines) is 1. The summed E-state index contributed by atoms with van der Waals surface area (Å²) in [5.41, 5.74) is 0.592. The molecular weight excluding hydrogens is 398 g/mol. The fourth-order valence-corrected chi connectivity index (χ4v) is 3.62. The van der Waals surface area contributed by atoms with Gasteiger partial charge in [0.1, 0.15) is 6.04 Å². The molecule has 1 aromatic rings. The van der Waals surface area contributed by atoms with Crippen LogP contribution in [0.15, 0.2) is 28.7 Å². The van der Waals surface area contributed by atoms with Crippen molar-refractivity contribution in [1.29, 1.82) is 0 Å². The van der Waals surface area contributed by atoms with Gasteiger partial charge in [-0.25, -0.2) is 4.79 Å². The summed E-state index contributed by atoms with van der Waals surface area (Å²) >= 11 is 3.36. The Balaban J connectivity index is 2.16. The quantitative estimate of drug-likeness (QED) is 0.514. The Morgan fingerprint density at radius 2 is 1.85 bits per heavy atom. The highest BCUT2D eigenvalue weighted by Crippen LogP contribution is 2.26. The topological polar surface area (TPSA) is 63.7 Å². The molecule has 1 fully saturated rings. The summed E-state index contributed by atoms with van der Waals surface area (Å²) in [6, 6.07) is 6.61. The molecule has 6 heteroatoms. The molecule has 0 unspecified atom stereocenters. The molecular formula is C20H26BrNO4. The summed E-state index contributed by atoms with van der Waals surface area (Å²) < 4.78 is 5.77. The van der Waals surface area contributed by atoms with Crippen molar-refractivity contribution < 1.29 is 19.1 Å². The number of rotatable bonds is 6. The first-order chi connectivity index (χ1) is 12.3. The van der Waals surface area contributed by atoms with Crippen molar-refractivity contribution in [3.63, 3.8) is 0 Å². The number of piperidine rings is 1. The van der Waals surface area contributed by atoms with E-state index in [1.165, 1.54) is 7.11 Å². The molecule has 1 heterocycles. The van der Waals surface area contributed by atoms with Crippen LogP contribution in [0, 0.1) is 11.8 Å². The maximum atomic E-state index is 13.1. The van der Waals surface area contributed by atoms with Crippen molar-refractivity contribution >= 4 is 33.6 Å². The molecule has 1 aliphatic heterocycles. The number of methoxy groups -OCH3 is 1. The molecule has 0 aromatic heterocycles. The lowest BCUT2D eigenvalue weighted by Crippen LogP contribution is -2.51. The zero-order chi connectivity index (χ0) is 19.3. The predicted octanol–water partition coefficient (Wildman–Crippen LogP) is 3.85. The Morgan fingerprint density at radius 1 is 1.19 bits per heavy atom. The molecule has 0 spiro atoms. The van der Waals surface area contributed by atoms with E-state index in [-0.39, 0.29) is 30.0 Å². The first-order valence-electron chi connectivity index (χ1n) is 9.02. The van der Waals surface area contributed by atoms with E-state index >= 15 is 0 Å². The van der Waals surface area contributed by atoms with Gasteiger partial charge in [0.2, 0.25) is 5.91 Å². The summed E-state index contributed by atoms with van der Waals surface area (Å²) in [6.07, 6.45) is 2.52. The first kappa shape index (κ1) is 20.6. The van der Waals surface area contributed by atoms with Crippen LogP contribution in [0.25, 0.3) is 0 Å². The van der Waals surface area contributed by atoms with E-state index in [0.717, 1.165) is 17.3 Å². The van der Waals surface area contributed by atoms with Crippen LogP contribution in [-0.4, -0.2) is 42.3 Å². The van der Waals surface area contributed by atoms with Crippen molar-refractivity contribution in [3.8, 4) is 0 Å². The number of benzene rings is 1. The molecule has 2 atom stereocenters. The molecule has 26 heavy (non-hydrogen) atoms. The van der Waals surface area contributed by atoms with Gasteiger partial charge >= 0.3 is 5.97 Å². The number of carbonyl (C=O) groups excluding carboxylic acids is 3. The van der Waals surface area contributed by atoms with Crippen LogP contribution in [-0.2, 0) is 14.3 Å². The van der Waals surface area contributed by atoms with Crippen LogP contribution >= 0.6 is 15.9 Å². The maximum absolute atomic E-state index is 13.1. The van der Waals surface area contributed by atoms with E-state index < -0.39 is 12.0 Å². The lowest BCUT2D eigenvalue weighted by molar-refractivity contribution is -0.156. The Morgan fingerprint density at radius 3 is 2.42 bits per heavy atom. The molecule has 2 rings (SSSR count). The van der Waals surface area contributed by atoms with E-state index in [1.807, 2.05) is 26.0 Å². The monoisotopic (exact) mass is 423 g/mol. The van der Waals surface area contributed by atoms with E-state index in [2.05, 4.69) is 15.9 Å². The summed E-state index contributed by atoms with van der Waals surface area (Å²) in [6.45, 7) is 4.41. The van der Waals surface area contributed by atoms with Gasteiger partial charge in [-0.2, -0.15) is 0 Å². The number of nitrogens with zero attached hydrogens (tertiary/aromatic N) is 1. The Labute approximate surface area is 163 Å². The first-order valence-corrected chi connectivity index (χ1v) is 9.81. The molecule has 1 amide bonds. The third kappa shape index (κ3) is 4.93. The van der Waals surface area contributed by atoms with Gasteiger partial charge < -0.3 is 9.64 Å². The molecule has 5 nitrogen and oxygen atoms in total. The number of Topliss-reactive ketones (excluding diaryl/α,β-unsaturated/α-hetero) is 1. The average Bonchev–Trinajstić information content (AvgIpc) is 2.65. The minimum Gasteiger partial charge on any atom is -0.467 e. The van der Waals surface area contributed by atoms with Gasteiger partial charge in [0, 0.05) is 28.9 Å². The molecule has 0 radical (unpaired) electrons. The summed E-state index contributed by atoms with van der Waals surface area (Å²) in [5.74, 6) is -1.00. The van der Waals surface area contributed by atoms with Gasteiger partial charge in [-0.15, -0.1) is 0 Å². The number of hydrogen-bond acceptors (Lipinski definition) is 4. The molecule has 0 N–H and O–H groups in total. The second-order valence-electron chi connectivity index (χ2n) is 7.05. The van der Waals surface area contributed by atoms with Gasteiger partial charge in [-0.05, 0) is 37.3 Å². The van der Waals surface area contributed by atoms with Crippen LogP contribution in [0.4, 0.5) is 0 Å². The molecule has 0 aliphatic carbocycles. The fourth-order valence-electron chi connectivity index (χ4n) is 3.35. The van der Waals surface area contributed by atoms with Crippen LogP contribution in [0.5, 0.6) is 0 Å². The largest absolute Gasteiger partial charge is 0.467 e. The van der Waals surface area contributed by atoms with Crippen molar-refractivity contribution in [3.05, 3.63) is 34.3 Å². The zero-order valence-corrected chi connectivity index (χ0v) is 17.1. The third-order valence-corrected chi connectivity index (χ3v) is 5.48. The zero-order valence-electron chi connectivity index (χ0n) is 15.5. The summed E-state index contributed by atoms with van der Waals surface area (Å²) in [4.78, 5) is 39.5. The SMILES string of the molecule is COC(=O)[C@@H]1CCCCN1C(=O)[C@@H](CC(=O)c1ccc(Br)cc1)C(C)C. The molecule has 0 bridgehead atoms. The number of ether oxygens (including phenoxy) is 1. The second-order valence-corrected chi connectivity index (χ2v) is 7.97. The maximum Gasteiger partial charge on any atom is 0.328 e. The molecule has 1 aromatic carbocycles. The van der Waals surface area contributed by atoms with E-state index in [4.69, 9.17) is 4.74 Å². The smallest absolute Gasteiger partial charge is 0.328 e. The second kappa shape index (κ2) is 9.31. The van der Waals surface area contributed by atoms with Gasteiger partial charge in [-0.3, -0.25) is 9.59 Å². The number of hydrogen-bond donors (Lipinski definition) is 0. The fraction of sp³-hybridized carbons (Fsp3) is 0.550. The average molecular weight is 424 g/mol. The van der Waals surface area contributed by atoms with Crippen LogP contribution < -0.4 is 0 Å². The lowest BCUT2D eigenvalue weighted by Gasteiger charge is -2.37. The standard InChI is InChI=1S/C20H26BrNO4/c1-13(2)16(12-18(23)14-7-9-15(21)10-8-14)19(24)22-11-5-4-6-17(22)20(25)26-3/h7-10,13,16-17H,4-6,11-12H2,1-3H3/t16-,17-/m0/s1. The molecule has 142 valence electrons. The minimum absolute atomic E-state index is 0.00196. The number of esters is 1. The van der Waals surface area contributed by atoms with E-state index in [1.54, 1.807) is 17.0 Å². The minimum atomic E-state index is -0.537. The van der Waals surface area contributed by atoms with Gasteiger partial charge in [0.15, 0.2) is 5.78 Å². The normalized spacial score (nSPS) is 18.5. The Hall–Kier alpha value is -1.69. The van der Waals surface area contributed by atoms with Crippen LogP contribution in [0.1, 0.15) is 49.9 Å². The van der Waals surface area contributed by atoms with Crippen molar-refractivity contribution in [2.45, 2.75) is 45.6 Å². The number of amides is 1. The molecule has 1 aliphatic rings. The van der Waals surface area contributed by atoms with Crippen LogP contribution in [0.3, 0.4) is 0 Å². The number of carbonyl (C=O) groups is 3. The van der Waals surface area contributed by atoms with E-state index in [9.17, 15) is 14.4 Å². The third-order valence-electron chi connectivity index (χ3n) is 4.95. The van der Waals surface area contributed by atoms with Gasteiger partial charge in [0.05, 0.1) is 7.11 Å².